The van der Waals surface area contributed by atoms with Gasteiger partial charge in [-0.15, -0.1) is 0 Å². The van der Waals surface area contributed by atoms with Crippen molar-refractivity contribution in [2.24, 2.45) is 5.41 Å². The second-order valence-corrected chi connectivity index (χ2v) is 4.65. The number of hydrogen-bond donors (Lipinski definition) is 0. The van der Waals surface area contributed by atoms with Crippen molar-refractivity contribution in [2.75, 3.05) is 0 Å². The quantitative estimate of drug-likeness (QED) is 0.752. The van der Waals surface area contributed by atoms with E-state index in [1.807, 2.05) is 13.8 Å². The van der Waals surface area contributed by atoms with Crippen molar-refractivity contribution < 1.29 is 13.6 Å². The van der Waals surface area contributed by atoms with Crippen molar-refractivity contribution in [2.45, 2.75) is 32.6 Å². The normalized spacial score (nSPS) is 29.0. The number of rotatable bonds is 2. The van der Waals surface area contributed by atoms with Crippen LogP contribution >= 0.6 is 0 Å². The zero-order valence-electron chi connectivity index (χ0n) is 9.39. The summed E-state index contributed by atoms with van der Waals surface area (Å²) in [6, 6.07) is 3.51. The van der Waals surface area contributed by atoms with E-state index in [0.717, 1.165) is 6.07 Å². The number of halogens is 2. The van der Waals surface area contributed by atoms with E-state index in [1.54, 1.807) is 0 Å². The average Bonchev–Trinajstić information content (AvgIpc) is 2.23. The van der Waals surface area contributed by atoms with Crippen molar-refractivity contribution in [1.82, 2.24) is 0 Å². The lowest BCUT2D eigenvalue weighted by molar-refractivity contribution is -0.139. The lowest BCUT2D eigenvalue weighted by atomic mass is 9.56. The second kappa shape index (κ2) is 3.65. The van der Waals surface area contributed by atoms with E-state index in [1.165, 1.54) is 12.1 Å². The first-order chi connectivity index (χ1) is 7.47. The molecule has 0 bridgehead atoms. The molecule has 1 aliphatic rings. The number of Topliss-reactive ketones (excluding diaryl/α,β-unsaturated/α-hetero) is 1. The number of carbonyl (C=O) groups excluding carboxylic acids is 1. The second-order valence-electron chi connectivity index (χ2n) is 4.65. The average molecular weight is 224 g/mol. The van der Waals surface area contributed by atoms with Crippen LogP contribution in [0.1, 0.15) is 38.2 Å². The maximum atomic E-state index is 13.1. The highest BCUT2D eigenvalue weighted by atomic mass is 19.1. The van der Waals surface area contributed by atoms with Crippen molar-refractivity contribution >= 4 is 5.78 Å². The minimum Gasteiger partial charge on any atom is -0.299 e. The first-order valence-corrected chi connectivity index (χ1v) is 5.46. The standard InChI is InChI=1S/C13H14F2O/c1-3-13(2)11(7-12(13)16)8-4-9(14)6-10(15)5-8/h4-6,11H,3,7H2,1-2H3. The smallest absolute Gasteiger partial charge is 0.140 e. The summed E-state index contributed by atoms with van der Waals surface area (Å²) in [5.74, 6) is -1.01. The van der Waals surface area contributed by atoms with Crippen LogP contribution in [0.2, 0.25) is 0 Å². The molecule has 86 valence electrons. The molecule has 1 nitrogen and oxygen atoms in total. The molecule has 0 N–H and O–H groups in total. The Balaban J connectivity index is 2.36. The third-order valence-corrected chi connectivity index (χ3v) is 3.82. The Morgan fingerprint density at radius 2 is 1.88 bits per heavy atom. The minimum atomic E-state index is -0.576. The minimum absolute atomic E-state index is 0.0461. The van der Waals surface area contributed by atoms with Crippen LogP contribution in [-0.4, -0.2) is 5.78 Å². The van der Waals surface area contributed by atoms with E-state index < -0.39 is 17.0 Å². The molecule has 1 aromatic rings. The molecule has 2 unspecified atom stereocenters. The van der Waals surface area contributed by atoms with E-state index >= 15 is 0 Å². The Bertz CT molecular complexity index is 421. The number of benzene rings is 1. The Kier molecular flexibility index (Phi) is 2.56. The maximum absolute atomic E-state index is 13.1. The third kappa shape index (κ3) is 1.55. The highest BCUT2D eigenvalue weighted by Crippen LogP contribution is 2.51. The Morgan fingerprint density at radius 3 is 2.31 bits per heavy atom. The van der Waals surface area contributed by atoms with Crippen LogP contribution in [0, 0.1) is 17.0 Å². The molecule has 2 rings (SSSR count). The molecule has 0 heterocycles. The third-order valence-electron chi connectivity index (χ3n) is 3.82. The SMILES string of the molecule is CCC1(C)C(=O)CC1c1cc(F)cc(F)c1. The van der Waals surface area contributed by atoms with E-state index in [9.17, 15) is 13.6 Å². The molecule has 2 atom stereocenters. The van der Waals surface area contributed by atoms with Gasteiger partial charge in [0.05, 0.1) is 0 Å². The summed E-state index contributed by atoms with van der Waals surface area (Å²) in [7, 11) is 0. The topological polar surface area (TPSA) is 17.1 Å². The fourth-order valence-corrected chi connectivity index (χ4v) is 2.41. The summed E-state index contributed by atoms with van der Waals surface area (Å²) in [5.41, 5.74) is 0.154. The van der Waals surface area contributed by atoms with Gasteiger partial charge in [0.25, 0.3) is 0 Å². The van der Waals surface area contributed by atoms with Crippen LogP contribution in [0.3, 0.4) is 0 Å². The first-order valence-electron chi connectivity index (χ1n) is 5.46. The van der Waals surface area contributed by atoms with Gasteiger partial charge in [0.15, 0.2) is 0 Å². The number of ketones is 1. The van der Waals surface area contributed by atoms with E-state index in [0.29, 0.717) is 18.4 Å². The highest BCUT2D eigenvalue weighted by Gasteiger charge is 2.50. The van der Waals surface area contributed by atoms with Gasteiger partial charge in [-0.05, 0) is 24.1 Å². The van der Waals surface area contributed by atoms with Gasteiger partial charge in [0.2, 0.25) is 0 Å². The van der Waals surface area contributed by atoms with Gasteiger partial charge in [0.1, 0.15) is 17.4 Å². The fourth-order valence-electron chi connectivity index (χ4n) is 2.41. The van der Waals surface area contributed by atoms with Gasteiger partial charge < -0.3 is 0 Å². The molecule has 1 aromatic carbocycles. The predicted molar refractivity (Wildman–Crippen MR) is 57.1 cm³/mol. The first kappa shape index (κ1) is 11.2. The van der Waals surface area contributed by atoms with Gasteiger partial charge in [-0.3, -0.25) is 4.79 Å². The molecule has 0 amide bonds. The van der Waals surface area contributed by atoms with Gasteiger partial charge in [-0.2, -0.15) is 0 Å². The maximum Gasteiger partial charge on any atom is 0.140 e. The van der Waals surface area contributed by atoms with Gasteiger partial charge in [0, 0.05) is 23.8 Å². The van der Waals surface area contributed by atoms with Crippen LogP contribution in [-0.2, 0) is 4.79 Å². The van der Waals surface area contributed by atoms with Crippen molar-refractivity contribution in [3.05, 3.63) is 35.4 Å². The van der Waals surface area contributed by atoms with Crippen LogP contribution in [0.4, 0.5) is 8.78 Å². The lowest BCUT2D eigenvalue weighted by Crippen LogP contribution is -2.45. The molecule has 0 radical (unpaired) electrons. The molecule has 0 saturated heterocycles. The van der Waals surface area contributed by atoms with Crippen LogP contribution in [0.15, 0.2) is 18.2 Å². The van der Waals surface area contributed by atoms with Crippen molar-refractivity contribution in [1.29, 1.82) is 0 Å². The molecule has 0 aromatic heterocycles. The summed E-state index contributed by atoms with van der Waals surface area (Å²) in [6.07, 6.45) is 1.10. The zero-order valence-corrected chi connectivity index (χ0v) is 9.39. The summed E-state index contributed by atoms with van der Waals surface area (Å²) in [4.78, 5) is 11.5. The summed E-state index contributed by atoms with van der Waals surface area (Å²) < 4.78 is 26.2. The van der Waals surface area contributed by atoms with Gasteiger partial charge >= 0.3 is 0 Å². The monoisotopic (exact) mass is 224 g/mol. The van der Waals surface area contributed by atoms with E-state index in [-0.39, 0.29) is 11.7 Å². The molecule has 3 heteroatoms. The van der Waals surface area contributed by atoms with Crippen LogP contribution in [0.5, 0.6) is 0 Å². The molecule has 0 spiro atoms. The molecular formula is C13H14F2O. The lowest BCUT2D eigenvalue weighted by Gasteiger charge is -2.45. The fraction of sp³-hybridized carbons (Fsp3) is 0.462. The molecule has 16 heavy (non-hydrogen) atoms. The molecule has 1 saturated carbocycles. The van der Waals surface area contributed by atoms with Crippen LogP contribution < -0.4 is 0 Å². The Hall–Kier alpha value is -1.25. The summed E-state index contributed by atoms with van der Waals surface area (Å²) in [6.45, 7) is 3.80. The Morgan fingerprint density at radius 1 is 1.31 bits per heavy atom. The van der Waals surface area contributed by atoms with E-state index in [2.05, 4.69) is 0 Å². The molecule has 1 aliphatic carbocycles. The van der Waals surface area contributed by atoms with Crippen LogP contribution in [0.25, 0.3) is 0 Å². The predicted octanol–water partition coefficient (Wildman–Crippen LogP) is 3.44. The summed E-state index contributed by atoms with van der Waals surface area (Å²) in [5, 5.41) is 0. The molecular weight excluding hydrogens is 210 g/mol. The largest absolute Gasteiger partial charge is 0.299 e. The Labute approximate surface area is 93.5 Å². The molecule has 1 fully saturated rings. The van der Waals surface area contributed by atoms with Gasteiger partial charge in [-0.25, -0.2) is 8.78 Å². The summed E-state index contributed by atoms with van der Waals surface area (Å²) >= 11 is 0. The highest BCUT2D eigenvalue weighted by molar-refractivity contribution is 5.92. The number of hydrogen-bond acceptors (Lipinski definition) is 1. The van der Waals surface area contributed by atoms with E-state index in [4.69, 9.17) is 0 Å². The van der Waals surface area contributed by atoms with Gasteiger partial charge in [-0.1, -0.05) is 13.8 Å². The van der Waals surface area contributed by atoms with Crippen molar-refractivity contribution in [3.8, 4) is 0 Å². The zero-order chi connectivity index (χ0) is 11.9. The van der Waals surface area contributed by atoms with Crippen molar-refractivity contribution in [3.63, 3.8) is 0 Å². The number of carbonyl (C=O) groups is 1. The molecule has 0 aliphatic heterocycles.